The van der Waals surface area contributed by atoms with Crippen LogP contribution in [0.5, 0.6) is 0 Å². The molecule has 1 amide bonds. The van der Waals surface area contributed by atoms with Crippen molar-refractivity contribution in [3.63, 3.8) is 0 Å². The second-order valence-electron chi connectivity index (χ2n) is 5.10. The number of rotatable bonds is 4. The van der Waals surface area contributed by atoms with Crippen LogP contribution in [0.4, 0.5) is 13.9 Å². The summed E-state index contributed by atoms with van der Waals surface area (Å²) in [6.07, 6.45) is 2.19. The van der Waals surface area contributed by atoms with E-state index in [1.54, 1.807) is 12.3 Å². The molecule has 3 rings (SSSR count). The minimum absolute atomic E-state index is 0.163. The van der Waals surface area contributed by atoms with E-state index in [2.05, 4.69) is 10.3 Å². The van der Waals surface area contributed by atoms with Gasteiger partial charge in [-0.2, -0.15) is 0 Å². The summed E-state index contributed by atoms with van der Waals surface area (Å²) in [6, 6.07) is 8.94. The Morgan fingerprint density at radius 1 is 1.12 bits per heavy atom. The Kier molecular flexibility index (Phi) is 5.32. The van der Waals surface area contributed by atoms with Crippen molar-refractivity contribution in [3.05, 3.63) is 80.3 Å². The summed E-state index contributed by atoms with van der Waals surface area (Å²) in [6.45, 7) is 0. The molecule has 0 atom stereocenters. The summed E-state index contributed by atoms with van der Waals surface area (Å²) in [4.78, 5) is 17.2. The first-order valence-corrected chi connectivity index (χ1v) is 8.65. The van der Waals surface area contributed by atoms with Gasteiger partial charge >= 0.3 is 0 Å². The highest BCUT2D eigenvalue weighted by Gasteiger charge is 2.16. The Morgan fingerprint density at radius 3 is 2.60 bits per heavy atom. The van der Waals surface area contributed by atoms with Crippen molar-refractivity contribution < 1.29 is 13.6 Å². The molecule has 25 heavy (non-hydrogen) atoms. The monoisotopic (exact) mass is 398 g/mol. The van der Waals surface area contributed by atoms with Crippen LogP contribution >= 0.6 is 34.5 Å². The third kappa shape index (κ3) is 4.15. The highest BCUT2D eigenvalue weighted by Crippen LogP contribution is 2.26. The fourth-order valence-corrected chi connectivity index (χ4v) is 3.41. The summed E-state index contributed by atoms with van der Waals surface area (Å²) >= 11 is 13.2. The molecule has 0 saturated heterocycles. The number of aromatic nitrogens is 1. The van der Waals surface area contributed by atoms with Crippen LogP contribution in [0.25, 0.3) is 0 Å². The molecule has 0 aliphatic heterocycles. The Bertz CT molecular complexity index is 946. The van der Waals surface area contributed by atoms with Gasteiger partial charge in [0.15, 0.2) is 16.8 Å². The van der Waals surface area contributed by atoms with Crippen molar-refractivity contribution in [1.29, 1.82) is 0 Å². The summed E-state index contributed by atoms with van der Waals surface area (Å²) in [5, 5.41) is 3.33. The molecule has 0 aliphatic carbocycles. The van der Waals surface area contributed by atoms with Gasteiger partial charge in [0.1, 0.15) is 0 Å². The molecule has 3 nitrogen and oxygen atoms in total. The number of carbonyl (C=O) groups excluding carboxylic acids is 1. The minimum Gasteiger partial charge on any atom is -0.298 e. The first-order chi connectivity index (χ1) is 11.9. The minimum atomic E-state index is -1.15. The molecule has 8 heteroatoms. The van der Waals surface area contributed by atoms with Crippen molar-refractivity contribution in [2.75, 3.05) is 5.32 Å². The normalized spacial score (nSPS) is 10.7. The molecule has 0 aliphatic rings. The molecule has 0 saturated carbocycles. The molecule has 0 bridgehead atoms. The molecule has 0 unspecified atom stereocenters. The van der Waals surface area contributed by atoms with Crippen LogP contribution in [0.1, 0.15) is 20.8 Å². The molecule has 1 heterocycles. The quantitative estimate of drug-likeness (QED) is 0.583. The van der Waals surface area contributed by atoms with Gasteiger partial charge < -0.3 is 0 Å². The number of anilines is 1. The Balaban J connectivity index is 1.74. The second kappa shape index (κ2) is 7.47. The number of carbonyl (C=O) groups is 1. The van der Waals surface area contributed by atoms with E-state index in [0.29, 0.717) is 16.6 Å². The molecule has 128 valence electrons. The van der Waals surface area contributed by atoms with Crippen molar-refractivity contribution in [2.24, 2.45) is 0 Å². The van der Waals surface area contributed by atoms with Crippen LogP contribution in [0.15, 0.2) is 42.6 Å². The molecular formula is C17H10Cl2F2N2OS. The molecule has 0 fully saturated rings. The first-order valence-electron chi connectivity index (χ1n) is 7.08. The van der Waals surface area contributed by atoms with Gasteiger partial charge in [0.2, 0.25) is 0 Å². The van der Waals surface area contributed by atoms with Crippen molar-refractivity contribution in [1.82, 2.24) is 4.98 Å². The average Bonchev–Trinajstić information content (AvgIpc) is 3.00. The summed E-state index contributed by atoms with van der Waals surface area (Å²) in [7, 11) is 0. The fraction of sp³-hybridized carbons (Fsp3) is 0.0588. The van der Waals surface area contributed by atoms with Crippen LogP contribution in [-0.4, -0.2) is 10.9 Å². The van der Waals surface area contributed by atoms with E-state index in [1.165, 1.54) is 11.3 Å². The average molecular weight is 399 g/mol. The van der Waals surface area contributed by atoms with Crippen molar-refractivity contribution in [3.8, 4) is 0 Å². The van der Waals surface area contributed by atoms with Crippen molar-refractivity contribution in [2.45, 2.75) is 6.42 Å². The maximum absolute atomic E-state index is 13.3. The molecular weight excluding hydrogens is 389 g/mol. The summed E-state index contributed by atoms with van der Waals surface area (Å²) < 4.78 is 26.4. The van der Waals surface area contributed by atoms with Crippen LogP contribution < -0.4 is 5.32 Å². The lowest BCUT2D eigenvalue weighted by Crippen LogP contribution is -2.13. The number of thiazole rings is 1. The number of amides is 1. The van der Waals surface area contributed by atoms with Crippen molar-refractivity contribution >= 4 is 45.6 Å². The second-order valence-corrected chi connectivity index (χ2v) is 7.03. The predicted molar refractivity (Wildman–Crippen MR) is 95.7 cm³/mol. The van der Waals surface area contributed by atoms with Gasteiger partial charge in [-0.05, 0) is 23.8 Å². The molecule has 1 aromatic heterocycles. The number of nitrogens with zero attached hydrogens (tertiary/aromatic N) is 1. The largest absolute Gasteiger partial charge is 0.298 e. The third-order valence-corrected chi connectivity index (χ3v) is 4.95. The van der Waals surface area contributed by atoms with Gasteiger partial charge in [0.05, 0.1) is 10.6 Å². The number of nitrogens with one attached hydrogen (secondary N) is 1. The standard InChI is InChI=1S/C17H10Cl2F2N2OS/c18-12-4-2-1-3-9(12)5-10-8-22-17(25-10)23-16(24)11-6-14(20)15(21)7-13(11)19/h1-4,6-8H,5H2,(H,22,23,24). The van der Waals surface area contributed by atoms with Gasteiger partial charge in [0.25, 0.3) is 5.91 Å². The van der Waals surface area contributed by atoms with Gasteiger partial charge in [-0.25, -0.2) is 13.8 Å². The van der Waals surface area contributed by atoms with E-state index < -0.39 is 17.5 Å². The van der Waals surface area contributed by atoms with Crippen LogP contribution in [0.2, 0.25) is 10.0 Å². The predicted octanol–water partition coefficient (Wildman–Crippen LogP) is 5.57. The molecule has 0 spiro atoms. The fourth-order valence-electron chi connectivity index (χ4n) is 2.14. The van der Waals surface area contributed by atoms with Gasteiger partial charge in [-0.3, -0.25) is 10.1 Å². The van der Waals surface area contributed by atoms with Crippen LogP contribution in [-0.2, 0) is 6.42 Å². The zero-order valence-electron chi connectivity index (χ0n) is 12.5. The molecule has 1 N–H and O–H groups in total. The Morgan fingerprint density at radius 2 is 1.84 bits per heavy atom. The number of hydrogen-bond donors (Lipinski definition) is 1. The van der Waals surface area contributed by atoms with Gasteiger partial charge in [-0.15, -0.1) is 11.3 Å². The summed E-state index contributed by atoms with van der Waals surface area (Å²) in [5.74, 6) is -2.92. The van der Waals surface area contributed by atoms with Gasteiger partial charge in [-0.1, -0.05) is 41.4 Å². The smallest absolute Gasteiger partial charge is 0.259 e. The lowest BCUT2D eigenvalue weighted by atomic mass is 10.1. The SMILES string of the molecule is O=C(Nc1ncc(Cc2ccccc2Cl)s1)c1cc(F)c(F)cc1Cl. The number of benzene rings is 2. The topological polar surface area (TPSA) is 42.0 Å². The Labute approximate surface area is 156 Å². The zero-order valence-corrected chi connectivity index (χ0v) is 14.9. The summed E-state index contributed by atoms with van der Waals surface area (Å²) in [5.41, 5.74) is 0.776. The van der Waals surface area contributed by atoms with Crippen LogP contribution in [0.3, 0.4) is 0 Å². The van der Waals surface area contributed by atoms with E-state index in [4.69, 9.17) is 23.2 Å². The zero-order chi connectivity index (χ0) is 18.0. The number of hydrogen-bond acceptors (Lipinski definition) is 3. The molecule has 0 radical (unpaired) electrons. The first kappa shape index (κ1) is 17.8. The van der Waals surface area contributed by atoms with E-state index >= 15 is 0 Å². The third-order valence-electron chi connectivity index (χ3n) is 3.35. The number of halogens is 4. The Hall–Kier alpha value is -2.02. The molecule has 2 aromatic carbocycles. The van der Waals surface area contributed by atoms with E-state index in [0.717, 1.165) is 22.6 Å². The maximum atomic E-state index is 13.3. The van der Waals surface area contributed by atoms with E-state index in [9.17, 15) is 13.6 Å². The lowest BCUT2D eigenvalue weighted by molar-refractivity contribution is 0.102. The van der Waals surface area contributed by atoms with E-state index in [-0.39, 0.29) is 10.6 Å². The van der Waals surface area contributed by atoms with Gasteiger partial charge in [0, 0.05) is 22.5 Å². The highest BCUT2D eigenvalue weighted by molar-refractivity contribution is 7.15. The highest BCUT2D eigenvalue weighted by atomic mass is 35.5. The van der Waals surface area contributed by atoms with Crippen LogP contribution in [0, 0.1) is 11.6 Å². The lowest BCUT2D eigenvalue weighted by Gasteiger charge is -2.05. The van der Waals surface area contributed by atoms with E-state index in [1.807, 2.05) is 18.2 Å². The molecule has 3 aromatic rings. The maximum Gasteiger partial charge on any atom is 0.259 e.